The number of carbonyl (C=O) groups excluding carboxylic acids is 1. The summed E-state index contributed by atoms with van der Waals surface area (Å²) in [5.41, 5.74) is 3.36. The third-order valence-corrected chi connectivity index (χ3v) is 8.13. The van der Waals surface area contributed by atoms with Gasteiger partial charge in [-0.05, 0) is 43.6 Å². The van der Waals surface area contributed by atoms with Crippen molar-refractivity contribution in [3.05, 3.63) is 53.7 Å². The van der Waals surface area contributed by atoms with Crippen LogP contribution in [0.5, 0.6) is 5.88 Å². The van der Waals surface area contributed by atoms with E-state index in [0.29, 0.717) is 35.9 Å². The van der Waals surface area contributed by atoms with Gasteiger partial charge in [0.1, 0.15) is 6.61 Å². The Hall–Kier alpha value is -3.38. The molecule has 212 valence electrons. The zero-order valence-corrected chi connectivity index (χ0v) is 24.2. The van der Waals surface area contributed by atoms with Crippen LogP contribution >= 0.6 is 11.3 Å². The molecule has 0 saturated carbocycles. The first-order valence-electron chi connectivity index (χ1n) is 13.9. The molecule has 5 heterocycles. The van der Waals surface area contributed by atoms with Crippen LogP contribution in [0.15, 0.2) is 48.1 Å². The molecule has 1 saturated heterocycles. The Kier molecular flexibility index (Phi) is 9.38. The lowest BCUT2D eigenvalue weighted by atomic mass is 10.1. The fraction of sp³-hybridized carbons (Fsp3) is 0.448. The van der Waals surface area contributed by atoms with E-state index in [4.69, 9.17) is 19.4 Å². The topological polar surface area (TPSA) is 97.1 Å². The molecule has 0 spiro atoms. The lowest BCUT2D eigenvalue weighted by molar-refractivity contribution is 0.0320. The first-order chi connectivity index (χ1) is 19.6. The largest absolute Gasteiger partial charge is 0.476 e. The SMILES string of the molecule is CCN(CC)C(C)CNC(=O)c1cc(OCCN2CCOCC2)nc(-c2cnn3ccc(-c4cccs4)nc23)c1. The molecule has 1 unspecified atom stereocenters. The van der Waals surface area contributed by atoms with E-state index in [1.54, 1.807) is 34.2 Å². The van der Waals surface area contributed by atoms with Crippen LogP contribution in [0, 0.1) is 0 Å². The summed E-state index contributed by atoms with van der Waals surface area (Å²) in [5.74, 6) is 0.242. The van der Waals surface area contributed by atoms with Crippen molar-refractivity contribution < 1.29 is 14.3 Å². The van der Waals surface area contributed by atoms with Crippen molar-refractivity contribution in [3.8, 4) is 27.7 Å². The molecule has 0 aromatic carbocycles. The van der Waals surface area contributed by atoms with Crippen molar-refractivity contribution >= 4 is 22.9 Å². The molecule has 1 amide bonds. The van der Waals surface area contributed by atoms with Crippen LogP contribution in [0.25, 0.3) is 27.5 Å². The minimum absolute atomic E-state index is 0.163. The Bertz CT molecular complexity index is 1400. The van der Waals surface area contributed by atoms with Crippen LogP contribution in [0.3, 0.4) is 0 Å². The van der Waals surface area contributed by atoms with Gasteiger partial charge in [-0.15, -0.1) is 11.3 Å². The van der Waals surface area contributed by atoms with Crippen molar-refractivity contribution in [3.63, 3.8) is 0 Å². The van der Waals surface area contributed by atoms with Crippen LogP contribution in [0.4, 0.5) is 0 Å². The van der Waals surface area contributed by atoms with Gasteiger partial charge in [0.25, 0.3) is 5.91 Å². The second kappa shape index (κ2) is 13.3. The molecule has 1 aliphatic rings. The van der Waals surface area contributed by atoms with Crippen LogP contribution in [0.1, 0.15) is 31.1 Å². The quantitative estimate of drug-likeness (QED) is 0.279. The Morgan fingerprint density at radius 2 is 2.00 bits per heavy atom. The number of hydrogen-bond donors (Lipinski definition) is 1. The summed E-state index contributed by atoms with van der Waals surface area (Å²) in [4.78, 5) is 28.7. The predicted molar refractivity (Wildman–Crippen MR) is 157 cm³/mol. The molecule has 1 fully saturated rings. The number of nitrogens with one attached hydrogen (secondary N) is 1. The molecule has 0 aliphatic carbocycles. The smallest absolute Gasteiger partial charge is 0.251 e. The summed E-state index contributed by atoms with van der Waals surface area (Å²) in [6, 6.07) is 9.74. The van der Waals surface area contributed by atoms with E-state index in [0.717, 1.165) is 62.1 Å². The predicted octanol–water partition coefficient (Wildman–Crippen LogP) is 3.69. The van der Waals surface area contributed by atoms with Crippen molar-refractivity contribution in [2.24, 2.45) is 0 Å². The molecule has 5 rings (SSSR count). The van der Waals surface area contributed by atoms with E-state index in [1.807, 2.05) is 29.8 Å². The molecular formula is C29H37N7O3S. The van der Waals surface area contributed by atoms with Gasteiger partial charge in [0.05, 0.1) is 41.2 Å². The third kappa shape index (κ3) is 6.67. The van der Waals surface area contributed by atoms with E-state index in [-0.39, 0.29) is 11.9 Å². The fourth-order valence-corrected chi connectivity index (χ4v) is 5.58. The van der Waals surface area contributed by atoms with Gasteiger partial charge in [-0.25, -0.2) is 14.5 Å². The molecule has 0 radical (unpaired) electrons. The molecule has 40 heavy (non-hydrogen) atoms. The highest BCUT2D eigenvalue weighted by Crippen LogP contribution is 2.28. The highest BCUT2D eigenvalue weighted by molar-refractivity contribution is 7.13. The molecule has 1 N–H and O–H groups in total. The first-order valence-corrected chi connectivity index (χ1v) is 14.8. The van der Waals surface area contributed by atoms with Gasteiger partial charge >= 0.3 is 0 Å². The van der Waals surface area contributed by atoms with Crippen LogP contribution in [0.2, 0.25) is 0 Å². The molecule has 1 aliphatic heterocycles. The van der Waals surface area contributed by atoms with Crippen molar-refractivity contribution in [2.45, 2.75) is 26.8 Å². The average Bonchev–Trinajstić information content (AvgIpc) is 3.67. The number of rotatable bonds is 12. The van der Waals surface area contributed by atoms with E-state index in [1.165, 1.54) is 0 Å². The molecule has 1 atom stereocenters. The Morgan fingerprint density at radius 1 is 1.18 bits per heavy atom. The van der Waals surface area contributed by atoms with Crippen LogP contribution in [-0.2, 0) is 4.74 Å². The normalized spacial score (nSPS) is 15.0. The number of amides is 1. The van der Waals surface area contributed by atoms with Gasteiger partial charge in [-0.2, -0.15) is 5.10 Å². The summed E-state index contributed by atoms with van der Waals surface area (Å²) in [6.07, 6.45) is 3.64. The number of carbonyl (C=O) groups is 1. The summed E-state index contributed by atoms with van der Waals surface area (Å²) in [7, 11) is 0. The second-order valence-electron chi connectivity index (χ2n) is 9.78. The van der Waals surface area contributed by atoms with Gasteiger partial charge in [0.15, 0.2) is 5.65 Å². The number of pyridine rings is 1. The lowest BCUT2D eigenvalue weighted by Crippen LogP contribution is -2.42. The number of likely N-dealkylation sites (N-methyl/N-ethyl adjacent to an activating group) is 1. The first kappa shape index (κ1) is 28.2. The summed E-state index contributed by atoms with van der Waals surface area (Å²) < 4.78 is 13.3. The number of thiophene rings is 1. The number of hydrogen-bond acceptors (Lipinski definition) is 9. The molecule has 4 aromatic rings. The van der Waals surface area contributed by atoms with E-state index >= 15 is 0 Å². The molecule has 10 nitrogen and oxygen atoms in total. The maximum Gasteiger partial charge on any atom is 0.251 e. The summed E-state index contributed by atoms with van der Waals surface area (Å²) >= 11 is 1.64. The fourth-order valence-electron chi connectivity index (χ4n) is 4.88. The van der Waals surface area contributed by atoms with Crippen molar-refractivity contribution in [1.82, 2.24) is 34.7 Å². The minimum atomic E-state index is -0.163. The van der Waals surface area contributed by atoms with Crippen molar-refractivity contribution in [1.29, 1.82) is 0 Å². The van der Waals surface area contributed by atoms with Gasteiger partial charge in [0, 0.05) is 50.0 Å². The minimum Gasteiger partial charge on any atom is -0.476 e. The third-order valence-electron chi connectivity index (χ3n) is 7.24. The Balaban J connectivity index is 1.42. The molecule has 4 aromatic heterocycles. The van der Waals surface area contributed by atoms with Gasteiger partial charge in [-0.1, -0.05) is 19.9 Å². The highest BCUT2D eigenvalue weighted by atomic mass is 32.1. The zero-order valence-electron chi connectivity index (χ0n) is 23.4. The molecule has 0 bridgehead atoms. The Morgan fingerprint density at radius 3 is 2.75 bits per heavy atom. The average molecular weight is 564 g/mol. The Labute approximate surface area is 238 Å². The summed E-state index contributed by atoms with van der Waals surface area (Å²) in [6.45, 7) is 13.3. The maximum absolute atomic E-state index is 13.3. The number of morpholine rings is 1. The van der Waals surface area contributed by atoms with Gasteiger partial charge in [0.2, 0.25) is 5.88 Å². The standard InChI is InChI=1S/C29H37N7O3S/c1-4-35(5-2)21(3)19-30-29(37)22-17-25(32-27(18-22)39-15-12-34-10-13-38-14-11-34)23-20-31-36-9-8-24(33-28(23)36)26-7-6-16-40-26/h6-9,16-18,20-21H,4-5,10-15,19H2,1-3H3,(H,30,37). The number of fused-ring (bicyclic) bond motifs is 1. The van der Waals surface area contributed by atoms with Gasteiger partial charge < -0.3 is 14.8 Å². The number of ether oxygens (including phenoxy) is 2. The van der Waals surface area contributed by atoms with Crippen LogP contribution in [-0.4, -0.2) is 100 Å². The second-order valence-corrected chi connectivity index (χ2v) is 10.7. The summed E-state index contributed by atoms with van der Waals surface area (Å²) in [5, 5.41) is 9.63. The van der Waals surface area contributed by atoms with E-state index < -0.39 is 0 Å². The van der Waals surface area contributed by atoms with E-state index in [2.05, 4.69) is 41.0 Å². The van der Waals surface area contributed by atoms with E-state index in [9.17, 15) is 4.79 Å². The number of aromatic nitrogens is 4. The molecule has 11 heteroatoms. The number of nitrogens with zero attached hydrogens (tertiary/aromatic N) is 6. The maximum atomic E-state index is 13.3. The van der Waals surface area contributed by atoms with Crippen LogP contribution < -0.4 is 10.1 Å². The van der Waals surface area contributed by atoms with Crippen molar-refractivity contribution in [2.75, 3.05) is 59.1 Å². The highest BCUT2D eigenvalue weighted by Gasteiger charge is 2.18. The lowest BCUT2D eigenvalue weighted by Gasteiger charge is -2.26. The zero-order chi connectivity index (χ0) is 27.9. The molecular weight excluding hydrogens is 526 g/mol. The van der Waals surface area contributed by atoms with Gasteiger partial charge in [-0.3, -0.25) is 14.6 Å². The monoisotopic (exact) mass is 563 g/mol.